The Balaban J connectivity index is 1.52. The number of nitrogens with one attached hydrogen (secondary N) is 1. The highest BCUT2D eigenvalue weighted by atomic mass is 16.5. The first-order valence-electron chi connectivity index (χ1n) is 8.74. The van der Waals surface area contributed by atoms with E-state index in [2.05, 4.69) is 52.4 Å². The zero-order chi connectivity index (χ0) is 16.8. The van der Waals surface area contributed by atoms with Crippen LogP contribution in [0.25, 0.3) is 0 Å². The van der Waals surface area contributed by atoms with Gasteiger partial charge in [-0.25, -0.2) is 9.97 Å². The minimum atomic E-state index is 0.715. The summed E-state index contributed by atoms with van der Waals surface area (Å²) in [5.74, 6) is 2.02. The molecular weight excluding hydrogens is 300 g/mol. The van der Waals surface area contributed by atoms with E-state index in [-0.39, 0.29) is 0 Å². The fourth-order valence-electron chi connectivity index (χ4n) is 3.05. The van der Waals surface area contributed by atoms with E-state index in [0.29, 0.717) is 6.61 Å². The third-order valence-electron chi connectivity index (χ3n) is 4.43. The number of ether oxygens (including phenoxy) is 1. The van der Waals surface area contributed by atoms with Crippen molar-refractivity contribution in [3.63, 3.8) is 0 Å². The summed E-state index contributed by atoms with van der Waals surface area (Å²) in [4.78, 5) is 11.1. The lowest BCUT2D eigenvalue weighted by Gasteiger charge is -2.25. The van der Waals surface area contributed by atoms with Crippen LogP contribution in [0.1, 0.15) is 30.2 Å². The Hall–Kier alpha value is -2.14. The number of aryl methyl sites for hydroxylation is 1. The van der Waals surface area contributed by atoms with Gasteiger partial charge in [-0.05, 0) is 43.5 Å². The Labute approximate surface area is 144 Å². The average Bonchev–Trinajstić information content (AvgIpc) is 2.64. The number of benzene rings is 1. The minimum Gasteiger partial charge on any atom is -0.494 e. The molecule has 0 bridgehead atoms. The molecule has 0 saturated carbocycles. The van der Waals surface area contributed by atoms with Crippen molar-refractivity contribution in [1.29, 1.82) is 0 Å². The van der Waals surface area contributed by atoms with Gasteiger partial charge in [0.1, 0.15) is 17.9 Å². The smallest absolute Gasteiger partial charge is 0.135 e. The topological polar surface area (TPSA) is 50.3 Å². The number of fused-ring (bicyclic) bond motifs is 1. The van der Waals surface area contributed by atoms with Crippen LogP contribution in [0.4, 0.5) is 5.82 Å². The number of nitrogens with zero attached hydrogens (tertiary/aromatic N) is 3. The summed E-state index contributed by atoms with van der Waals surface area (Å²) in [5, 5.41) is 3.36. The Morgan fingerprint density at radius 3 is 3.08 bits per heavy atom. The summed E-state index contributed by atoms with van der Waals surface area (Å²) in [6.07, 6.45) is 4.66. The molecule has 1 aromatic carbocycles. The van der Waals surface area contributed by atoms with Gasteiger partial charge in [0, 0.05) is 25.7 Å². The number of anilines is 1. The lowest BCUT2D eigenvalue weighted by atomic mass is 10.1. The highest BCUT2D eigenvalue weighted by Gasteiger charge is 2.17. The first-order valence-corrected chi connectivity index (χ1v) is 8.74. The monoisotopic (exact) mass is 326 g/mol. The van der Waals surface area contributed by atoms with Crippen LogP contribution < -0.4 is 15.0 Å². The van der Waals surface area contributed by atoms with Crippen molar-refractivity contribution < 1.29 is 4.74 Å². The fraction of sp³-hybridized carbons (Fsp3) is 0.474. The number of rotatable bonds is 7. The van der Waals surface area contributed by atoms with Crippen molar-refractivity contribution >= 4 is 5.82 Å². The van der Waals surface area contributed by atoms with Crippen LogP contribution in [0.15, 0.2) is 30.6 Å². The molecule has 0 aliphatic carbocycles. The van der Waals surface area contributed by atoms with Crippen LogP contribution in [0.3, 0.4) is 0 Å². The Morgan fingerprint density at radius 1 is 1.29 bits per heavy atom. The van der Waals surface area contributed by atoms with Gasteiger partial charge in [-0.3, -0.25) is 0 Å². The van der Waals surface area contributed by atoms with E-state index in [0.717, 1.165) is 56.2 Å². The van der Waals surface area contributed by atoms with Gasteiger partial charge in [0.05, 0.1) is 12.3 Å². The van der Waals surface area contributed by atoms with E-state index in [1.807, 2.05) is 6.07 Å². The summed E-state index contributed by atoms with van der Waals surface area (Å²) >= 11 is 0. The average molecular weight is 326 g/mol. The van der Waals surface area contributed by atoms with Gasteiger partial charge in [0.25, 0.3) is 0 Å². The molecular formula is C19H26N4O. The van der Waals surface area contributed by atoms with E-state index in [1.54, 1.807) is 6.33 Å². The molecule has 0 amide bonds. The molecule has 0 radical (unpaired) electrons. The second kappa shape index (κ2) is 8.11. The SMILES string of the molecule is CCc1cccc(OCCCN(C)c2ncnc3c2CCNC3)c1. The first kappa shape index (κ1) is 16.7. The molecule has 0 fully saturated rings. The molecule has 2 heterocycles. The standard InChI is InChI=1S/C19H26N4O/c1-3-15-6-4-7-16(12-15)24-11-5-10-23(2)19-17-8-9-20-13-18(17)21-14-22-19/h4,6-7,12,14,20H,3,5,8-11,13H2,1-2H3. The molecule has 2 aromatic rings. The number of aromatic nitrogens is 2. The van der Waals surface area contributed by atoms with Gasteiger partial charge in [0.2, 0.25) is 0 Å². The molecule has 1 aromatic heterocycles. The first-order chi connectivity index (χ1) is 11.8. The molecule has 5 nitrogen and oxygen atoms in total. The molecule has 1 N–H and O–H groups in total. The van der Waals surface area contributed by atoms with Crippen LogP contribution in [0.5, 0.6) is 5.75 Å². The molecule has 128 valence electrons. The maximum absolute atomic E-state index is 5.88. The fourth-order valence-corrected chi connectivity index (χ4v) is 3.05. The van der Waals surface area contributed by atoms with Gasteiger partial charge in [-0.15, -0.1) is 0 Å². The highest BCUT2D eigenvalue weighted by molar-refractivity contribution is 5.48. The van der Waals surface area contributed by atoms with E-state index in [1.165, 1.54) is 11.1 Å². The van der Waals surface area contributed by atoms with Crippen molar-refractivity contribution in [2.75, 3.05) is 31.6 Å². The summed E-state index contributed by atoms with van der Waals surface area (Å²) in [7, 11) is 2.10. The maximum Gasteiger partial charge on any atom is 0.135 e. The van der Waals surface area contributed by atoms with Crippen molar-refractivity contribution in [2.45, 2.75) is 32.7 Å². The summed E-state index contributed by atoms with van der Waals surface area (Å²) in [6, 6.07) is 8.34. The lowest BCUT2D eigenvalue weighted by molar-refractivity contribution is 0.312. The van der Waals surface area contributed by atoms with Gasteiger partial charge in [0.15, 0.2) is 0 Å². The molecule has 1 aliphatic rings. The minimum absolute atomic E-state index is 0.715. The van der Waals surface area contributed by atoms with Gasteiger partial charge >= 0.3 is 0 Å². The molecule has 0 spiro atoms. The van der Waals surface area contributed by atoms with Crippen LogP contribution >= 0.6 is 0 Å². The van der Waals surface area contributed by atoms with E-state index >= 15 is 0 Å². The van der Waals surface area contributed by atoms with Crippen LogP contribution in [0, 0.1) is 0 Å². The van der Waals surface area contributed by atoms with Gasteiger partial charge in [-0.2, -0.15) is 0 Å². The van der Waals surface area contributed by atoms with Gasteiger partial charge < -0.3 is 15.0 Å². The van der Waals surface area contributed by atoms with Crippen LogP contribution in [0.2, 0.25) is 0 Å². The zero-order valence-corrected chi connectivity index (χ0v) is 14.6. The molecule has 24 heavy (non-hydrogen) atoms. The van der Waals surface area contributed by atoms with Crippen molar-refractivity contribution in [3.05, 3.63) is 47.4 Å². The van der Waals surface area contributed by atoms with Crippen LogP contribution in [-0.4, -0.2) is 36.7 Å². The molecule has 5 heteroatoms. The summed E-state index contributed by atoms with van der Waals surface area (Å²) < 4.78 is 5.88. The molecule has 0 atom stereocenters. The van der Waals surface area contributed by atoms with Crippen molar-refractivity contribution in [1.82, 2.24) is 15.3 Å². The predicted molar refractivity (Wildman–Crippen MR) is 96.6 cm³/mol. The summed E-state index contributed by atoms with van der Waals surface area (Å²) in [5.41, 5.74) is 3.73. The molecule has 0 saturated heterocycles. The second-order valence-electron chi connectivity index (χ2n) is 6.17. The van der Waals surface area contributed by atoms with Crippen molar-refractivity contribution in [2.24, 2.45) is 0 Å². The van der Waals surface area contributed by atoms with Crippen molar-refractivity contribution in [3.8, 4) is 5.75 Å². The zero-order valence-electron chi connectivity index (χ0n) is 14.6. The Kier molecular flexibility index (Phi) is 5.64. The molecule has 0 unspecified atom stereocenters. The maximum atomic E-state index is 5.88. The summed E-state index contributed by atoms with van der Waals surface area (Å²) in [6.45, 7) is 5.64. The normalized spacial score (nSPS) is 13.4. The third kappa shape index (κ3) is 4.03. The Morgan fingerprint density at radius 2 is 2.21 bits per heavy atom. The number of hydrogen-bond acceptors (Lipinski definition) is 5. The second-order valence-corrected chi connectivity index (χ2v) is 6.17. The van der Waals surface area contributed by atoms with E-state index in [9.17, 15) is 0 Å². The quantitative estimate of drug-likeness (QED) is 0.793. The van der Waals surface area contributed by atoms with Gasteiger partial charge in [-0.1, -0.05) is 19.1 Å². The lowest BCUT2D eigenvalue weighted by Crippen LogP contribution is -2.29. The largest absolute Gasteiger partial charge is 0.494 e. The molecule has 3 rings (SSSR count). The third-order valence-corrected chi connectivity index (χ3v) is 4.43. The van der Waals surface area contributed by atoms with E-state index in [4.69, 9.17) is 4.74 Å². The predicted octanol–water partition coefficient (Wildman–Crippen LogP) is 2.59. The van der Waals surface area contributed by atoms with Crippen LogP contribution in [-0.2, 0) is 19.4 Å². The highest BCUT2D eigenvalue weighted by Crippen LogP contribution is 2.21. The number of hydrogen-bond donors (Lipinski definition) is 1. The Bertz CT molecular complexity index is 674. The molecule has 1 aliphatic heterocycles. The van der Waals surface area contributed by atoms with E-state index < -0.39 is 0 Å².